The zero-order chi connectivity index (χ0) is 12.1. The number of amides is 2. The fraction of sp³-hybridized carbons (Fsp3) is 0.462. The summed E-state index contributed by atoms with van der Waals surface area (Å²) in [6.45, 7) is 2.41. The summed E-state index contributed by atoms with van der Waals surface area (Å²) in [6.07, 6.45) is 3.02. The second-order valence-electron chi connectivity index (χ2n) is 4.27. The largest absolute Gasteiger partial charge is 0.338 e. The molecule has 1 fully saturated rings. The van der Waals surface area contributed by atoms with Crippen LogP contribution in [0.25, 0.3) is 0 Å². The third-order valence-corrected chi connectivity index (χ3v) is 3.39. The summed E-state index contributed by atoms with van der Waals surface area (Å²) in [5.41, 5.74) is 1.08. The first-order chi connectivity index (χ1) is 8.27. The first-order valence-electron chi connectivity index (χ1n) is 6.03. The van der Waals surface area contributed by atoms with Gasteiger partial charge in [-0.15, -0.1) is 0 Å². The maximum atomic E-state index is 11.7. The van der Waals surface area contributed by atoms with Gasteiger partial charge in [0.05, 0.1) is 0 Å². The van der Waals surface area contributed by atoms with Crippen molar-refractivity contribution in [1.29, 1.82) is 0 Å². The summed E-state index contributed by atoms with van der Waals surface area (Å²) in [5.74, 6) is 0. The molecular formula is C13H17ClN2O. The number of halogens is 1. The maximum Gasteiger partial charge on any atom is 0.317 e. The van der Waals surface area contributed by atoms with E-state index in [4.69, 9.17) is 11.6 Å². The standard InChI is InChI=1S/C13H17ClN2O/c14-12-6-2-1-5-11(12)7-8-15-13(17)16-9-3-4-10-16/h1-2,5-6H,3-4,7-10H2,(H,15,17). The minimum atomic E-state index is 0.0505. The molecule has 0 aliphatic carbocycles. The zero-order valence-corrected chi connectivity index (χ0v) is 10.5. The third kappa shape index (κ3) is 3.37. The molecule has 2 amide bonds. The number of hydrogen-bond donors (Lipinski definition) is 1. The van der Waals surface area contributed by atoms with Gasteiger partial charge in [-0.3, -0.25) is 0 Å². The Morgan fingerprint density at radius 3 is 2.71 bits per heavy atom. The molecule has 1 aromatic carbocycles. The SMILES string of the molecule is O=C(NCCc1ccccc1Cl)N1CCCC1. The Balaban J connectivity index is 1.76. The Bertz CT molecular complexity index is 389. The summed E-state index contributed by atoms with van der Waals surface area (Å²) >= 11 is 6.04. The highest BCUT2D eigenvalue weighted by Gasteiger charge is 2.16. The van der Waals surface area contributed by atoms with Gasteiger partial charge in [-0.25, -0.2) is 4.79 Å². The molecule has 1 N–H and O–H groups in total. The average Bonchev–Trinajstić information content (AvgIpc) is 2.85. The highest BCUT2D eigenvalue weighted by atomic mass is 35.5. The van der Waals surface area contributed by atoms with Gasteiger partial charge in [-0.1, -0.05) is 29.8 Å². The van der Waals surface area contributed by atoms with Gasteiger partial charge in [0.25, 0.3) is 0 Å². The van der Waals surface area contributed by atoms with Crippen LogP contribution in [0.5, 0.6) is 0 Å². The lowest BCUT2D eigenvalue weighted by Crippen LogP contribution is -2.38. The summed E-state index contributed by atoms with van der Waals surface area (Å²) in [4.78, 5) is 13.6. The lowest BCUT2D eigenvalue weighted by atomic mass is 10.1. The Hall–Kier alpha value is -1.22. The number of rotatable bonds is 3. The molecule has 92 valence electrons. The van der Waals surface area contributed by atoms with Crippen molar-refractivity contribution in [3.8, 4) is 0 Å². The van der Waals surface area contributed by atoms with Gasteiger partial charge in [0.1, 0.15) is 0 Å². The van der Waals surface area contributed by atoms with E-state index in [1.807, 2.05) is 29.2 Å². The molecule has 1 aromatic rings. The number of carbonyl (C=O) groups excluding carboxylic acids is 1. The van der Waals surface area contributed by atoms with Gasteiger partial charge in [-0.2, -0.15) is 0 Å². The van der Waals surface area contributed by atoms with Gasteiger partial charge >= 0.3 is 6.03 Å². The number of benzene rings is 1. The topological polar surface area (TPSA) is 32.3 Å². The van der Waals surface area contributed by atoms with Crippen LogP contribution in [-0.2, 0) is 6.42 Å². The van der Waals surface area contributed by atoms with Crippen molar-refractivity contribution < 1.29 is 4.79 Å². The molecule has 0 aromatic heterocycles. The van der Waals surface area contributed by atoms with Crippen LogP contribution in [0.2, 0.25) is 5.02 Å². The second kappa shape index (κ2) is 5.92. The van der Waals surface area contributed by atoms with Crippen LogP contribution < -0.4 is 5.32 Å². The number of hydrogen-bond acceptors (Lipinski definition) is 1. The molecule has 0 saturated carbocycles. The lowest BCUT2D eigenvalue weighted by Gasteiger charge is -2.16. The first kappa shape index (κ1) is 12.2. The van der Waals surface area contributed by atoms with E-state index >= 15 is 0 Å². The van der Waals surface area contributed by atoms with Crippen LogP contribution in [0.15, 0.2) is 24.3 Å². The van der Waals surface area contributed by atoms with Gasteiger partial charge in [0.2, 0.25) is 0 Å². The minimum Gasteiger partial charge on any atom is -0.338 e. The smallest absolute Gasteiger partial charge is 0.317 e. The highest BCUT2D eigenvalue weighted by molar-refractivity contribution is 6.31. The molecule has 1 heterocycles. The Morgan fingerprint density at radius 2 is 2.00 bits per heavy atom. The van der Waals surface area contributed by atoms with Crippen molar-refractivity contribution in [2.75, 3.05) is 19.6 Å². The van der Waals surface area contributed by atoms with Crippen molar-refractivity contribution in [3.05, 3.63) is 34.9 Å². The van der Waals surface area contributed by atoms with E-state index in [1.165, 1.54) is 0 Å². The quantitative estimate of drug-likeness (QED) is 0.882. The molecule has 1 saturated heterocycles. The molecule has 17 heavy (non-hydrogen) atoms. The van der Waals surface area contributed by atoms with Crippen molar-refractivity contribution in [2.45, 2.75) is 19.3 Å². The first-order valence-corrected chi connectivity index (χ1v) is 6.41. The average molecular weight is 253 g/mol. The lowest BCUT2D eigenvalue weighted by molar-refractivity contribution is 0.209. The zero-order valence-electron chi connectivity index (χ0n) is 9.79. The van der Waals surface area contributed by atoms with Crippen molar-refractivity contribution in [1.82, 2.24) is 10.2 Å². The Kier molecular flexibility index (Phi) is 4.26. The predicted molar refractivity (Wildman–Crippen MR) is 69.4 cm³/mol. The van der Waals surface area contributed by atoms with Gasteiger partial charge in [0.15, 0.2) is 0 Å². The van der Waals surface area contributed by atoms with E-state index in [9.17, 15) is 4.79 Å². The molecule has 0 atom stereocenters. The Labute approximate surface area is 107 Å². The van der Waals surface area contributed by atoms with Crippen LogP contribution >= 0.6 is 11.6 Å². The fourth-order valence-corrected chi connectivity index (χ4v) is 2.27. The van der Waals surface area contributed by atoms with Gasteiger partial charge in [-0.05, 0) is 30.9 Å². The van der Waals surface area contributed by atoms with E-state index in [1.54, 1.807) is 0 Å². The molecular weight excluding hydrogens is 236 g/mol. The monoisotopic (exact) mass is 252 g/mol. The molecule has 1 aliphatic rings. The molecule has 2 rings (SSSR count). The van der Waals surface area contributed by atoms with Crippen molar-refractivity contribution in [3.63, 3.8) is 0 Å². The third-order valence-electron chi connectivity index (χ3n) is 3.02. The number of likely N-dealkylation sites (tertiary alicyclic amines) is 1. The minimum absolute atomic E-state index is 0.0505. The van der Waals surface area contributed by atoms with Crippen molar-refractivity contribution in [2.24, 2.45) is 0 Å². The molecule has 3 nitrogen and oxygen atoms in total. The van der Waals surface area contributed by atoms with E-state index in [0.717, 1.165) is 42.9 Å². The van der Waals surface area contributed by atoms with Crippen LogP contribution in [0.1, 0.15) is 18.4 Å². The fourth-order valence-electron chi connectivity index (χ4n) is 2.04. The number of nitrogens with one attached hydrogen (secondary N) is 1. The van der Waals surface area contributed by atoms with E-state index < -0.39 is 0 Å². The second-order valence-corrected chi connectivity index (χ2v) is 4.67. The summed E-state index contributed by atoms with van der Waals surface area (Å²) in [5, 5.41) is 3.70. The molecule has 0 unspecified atom stereocenters. The number of urea groups is 1. The Morgan fingerprint density at radius 1 is 1.29 bits per heavy atom. The molecule has 0 spiro atoms. The normalized spacial score (nSPS) is 15.0. The van der Waals surface area contributed by atoms with E-state index in [0.29, 0.717) is 6.54 Å². The number of nitrogens with zero attached hydrogens (tertiary/aromatic N) is 1. The number of carbonyl (C=O) groups is 1. The highest BCUT2D eigenvalue weighted by Crippen LogP contribution is 2.15. The van der Waals surface area contributed by atoms with Gasteiger partial charge in [0, 0.05) is 24.7 Å². The maximum absolute atomic E-state index is 11.7. The van der Waals surface area contributed by atoms with Gasteiger partial charge < -0.3 is 10.2 Å². The van der Waals surface area contributed by atoms with Crippen LogP contribution in [0.3, 0.4) is 0 Å². The van der Waals surface area contributed by atoms with E-state index in [-0.39, 0.29) is 6.03 Å². The van der Waals surface area contributed by atoms with E-state index in [2.05, 4.69) is 5.32 Å². The summed E-state index contributed by atoms with van der Waals surface area (Å²) in [6, 6.07) is 7.79. The molecule has 0 radical (unpaired) electrons. The summed E-state index contributed by atoms with van der Waals surface area (Å²) < 4.78 is 0. The molecule has 4 heteroatoms. The summed E-state index contributed by atoms with van der Waals surface area (Å²) in [7, 11) is 0. The predicted octanol–water partition coefficient (Wildman–Crippen LogP) is 2.69. The van der Waals surface area contributed by atoms with Crippen molar-refractivity contribution >= 4 is 17.6 Å². The molecule has 1 aliphatic heterocycles. The van der Waals surface area contributed by atoms with Crippen LogP contribution in [0.4, 0.5) is 4.79 Å². The molecule has 0 bridgehead atoms. The van der Waals surface area contributed by atoms with Crippen LogP contribution in [0, 0.1) is 0 Å². The van der Waals surface area contributed by atoms with Crippen LogP contribution in [-0.4, -0.2) is 30.6 Å².